The van der Waals surface area contributed by atoms with Crippen molar-refractivity contribution in [2.24, 2.45) is 35.0 Å². The SMILES string of the molecule is C=C1CCC(O)C/C1=C/CC1CCCC2(C)[C@@H]([C@H](C)CCCC(C)C)CC[C@@H]12. The highest BCUT2D eigenvalue weighted by Crippen LogP contribution is 2.60. The normalized spacial score (nSPS) is 38.8. The summed E-state index contributed by atoms with van der Waals surface area (Å²) in [4.78, 5) is 0. The van der Waals surface area contributed by atoms with Crippen molar-refractivity contribution < 1.29 is 5.11 Å². The molecule has 0 aromatic carbocycles. The van der Waals surface area contributed by atoms with Crippen LogP contribution in [0.25, 0.3) is 0 Å². The van der Waals surface area contributed by atoms with Crippen molar-refractivity contribution in [3.8, 4) is 0 Å². The first-order valence-corrected chi connectivity index (χ1v) is 12.4. The molecule has 0 bridgehead atoms. The second kappa shape index (κ2) is 9.50. The molecule has 3 fully saturated rings. The van der Waals surface area contributed by atoms with E-state index in [9.17, 15) is 5.11 Å². The Kier molecular flexibility index (Phi) is 7.51. The van der Waals surface area contributed by atoms with E-state index in [1.807, 2.05) is 0 Å². The first-order valence-electron chi connectivity index (χ1n) is 12.4. The summed E-state index contributed by atoms with van der Waals surface area (Å²) in [5.74, 6) is 4.44. The smallest absolute Gasteiger partial charge is 0.0583 e. The van der Waals surface area contributed by atoms with Gasteiger partial charge in [-0.25, -0.2) is 0 Å². The number of hydrogen-bond donors (Lipinski definition) is 1. The number of aliphatic hydroxyl groups is 1. The van der Waals surface area contributed by atoms with Crippen LogP contribution in [-0.2, 0) is 0 Å². The molecule has 1 heteroatoms. The van der Waals surface area contributed by atoms with Crippen LogP contribution in [0.4, 0.5) is 0 Å². The molecule has 6 atom stereocenters. The van der Waals surface area contributed by atoms with Crippen molar-refractivity contribution >= 4 is 0 Å². The average molecular weight is 387 g/mol. The highest BCUT2D eigenvalue weighted by atomic mass is 16.3. The monoisotopic (exact) mass is 386 g/mol. The minimum atomic E-state index is -0.143. The fourth-order valence-electron chi connectivity index (χ4n) is 7.17. The molecule has 3 aliphatic rings. The number of allylic oxidation sites excluding steroid dienone is 2. The fraction of sp³-hybridized carbons (Fsp3) is 0.852. The minimum absolute atomic E-state index is 0.143. The minimum Gasteiger partial charge on any atom is -0.393 e. The summed E-state index contributed by atoms with van der Waals surface area (Å²) in [6.07, 6.45) is 17.7. The Morgan fingerprint density at radius 3 is 2.68 bits per heavy atom. The second-order valence-corrected chi connectivity index (χ2v) is 11.2. The van der Waals surface area contributed by atoms with Crippen LogP contribution in [-0.4, -0.2) is 11.2 Å². The molecule has 0 amide bonds. The van der Waals surface area contributed by atoms with Gasteiger partial charge in [0.15, 0.2) is 0 Å². The van der Waals surface area contributed by atoms with Crippen molar-refractivity contribution in [1.82, 2.24) is 0 Å². The van der Waals surface area contributed by atoms with Crippen molar-refractivity contribution in [1.29, 1.82) is 0 Å². The first kappa shape index (κ1) is 22.1. The number of hydrogen-bond acceptors (Lipinski definition) is 1. The molecule has 3 saturated carbocycles. The Bertz CT molecular complexity index is 559. The van der Waals surface area contributed by atoms with Gasteiger partial charge < -0.3 is 5.11 Å². The van der Waals surface area contributed by atoms with E-state index in [1.54, 1.807) is 0 Å². The van der Waals surface area contributed by atoms with Gasteiger partial charge in [-0.1, -0.05) is 71.6 Å². The average Bonchev–Trinajstić information content (AvgIpc) is 2.99. The van der Waals surface area contributed by atoms with Gasteiger partial charge in [-0.3, -0.25) is 0 Å². The molecule has 3 aliphatic carbocycles. The molecule has 0 heterocycles. The standard InChI is InChI=1S/C27H46O/c1-19(2)8-6-9-21(4)25-15-16-26-22(10-7-17-27(25,26)5)12-13-23-18-24(28)14-11-20(23)3/h13,19,21-22,24-26,28H,3,6-12,14-18H2,1-2,4-5H3/b23-13-/t21-,22?,24?,25-,26+,27?/m1/s1. The van der Waals surface area contributed by atoms with E-state index in [1.165, 1.54) is 68.9 Å². The lowest BCUT2D eigenvalue weighted by atomic mass is 9.58. The van der Waals surface area contributed by atoms with E-state index >= 15 is 0 Å². The van der Waals surface area contributed by atoms with Gasteiger partial charge in [0.25, 0.3) is 0 Å². The van der Waals surface area contributed by atoms with Gasteiger partial charge in [0, 0.05) is 0 Å². The zero-order valence-corrected chi connectivity index (χ0v) is 19.2. The molecular formula is C27H46O. The molecule has 0 aromatic rings. The molecule has 1 nitrogen and oxygen atoms in total. The van der Waals surface area contributed by atoms with Gasteiger partial charge in [-0.05, 0) is 91.9 Å². The first-order chi connectivity index (χ1) is 13.3. The third kappa shape index (κ3) is 4.94. The molecule has 1 N–H and O–H groups in total. The third-order valence-corrected chi connectivity index (χ3v) is 8.83. The lowest BCUT2D eigenvalue weighted by Crippen LogP contribution is -2.39. The van der Waals surface area contributed by atoms with Gasteiger partial charge >= 0.3 is 0 Å². The van der Waals surface area contributed by atoms with E-state index in [0.29, 0.717) is 5.41 Å². The molecule has 160 valence electrons. The zero-order valence-electron chi connectivity index (χ0n) is 19.2. The Morgan fingerprint density at radius 2 is 1.93 bits per heavy atom. The van der Waals surface area contributed by atoms with E-state index in [0.717, 1.165) is 48.9 Å². The molecular weight excluding hydrogens is 340 g/mol. The maximum absolute atomic E-state index is 10.0. The van der Waals surface area contributed by atoms with Crippen LogP contribution >= 0.6 is 0 Å². The molecule has 0 radical (unpaired) electrons. The van der Waals surface area contributed by atoms with Crippen LogP contribution in [0.15, 0.2) is 23.8 Å². The molecule has 3 unspecified atom stereocenters. The van der Waals surface area contributed by atoms with Crippen LogP contribution in [0.3, 0.4) is 0 Å². The van der Waals surface area contributed by atoms with E-state index in [4.69, 9.17) is 0 Å². The molecule has 0 aromatic heterocycles. The Labute approximate surface area is 175 Å². The van der Waals surface area contributed by atoms with Gasteiger partial charge in [-0.2, -0.15) is 0 Å². The van der Waals surface area contributed by atoms with Crippen LogP contribution in [0, 0.1) is 35.0 Å². The maximum Gasteiger partial charge on any atom is 0.0583 e. The summed E-state index contributed by atoms with van der Waals surface area (Å²) < 4.78 is 0. The highest BCUT2D eigenvalue weighted by molar-refractivity contribution is 5.31. The number of rotatable bonds is 7. The topological polar surface area (TPSA) is 20.2 Å². The Balaban J connectivity index is 1.62. The Hall–Kier alpha value is -0.560. The van der Waals surface area contributed by atoms with Gasteiger partial charge in [-0.15, -0.1) is 0 Å². The summed E-state index contributed by atoms with van der Waals surface area (Å²) in [7, 11) is 0. The summed E-state index contributed by atoms with van der Waals surface area (Å²) in [6, 6.07) is 0. The summed E-state index contributed by atoms with van der Waals surface area (Å²) in [5, 5.41) is 10.0. The molecule has 28 heavy (non-hydrogen) atoms. The van der Waals surface area contributed by atoms with E-state index < -0.39 is 0 Å². The quantitative estimate of drug-likeness (QED) is 0.475. The second-order valence-electron chi connectivity index (χ2n) is 11.2. The van der Waals surface area contributed by atoms with Crippen LogP contribution in [0.1, 0.15) is 105 Å². The van der Waals surface area contributed by atoms with Crippen LogP contribution in [0.5, 0.6) is 0 Å². The zero-order chi connectivity index (χ0) is 20.3. The maximum atomic E-state index is 10.0. The predicted octanol–water partition coefficient (Wildman–Crippen LogP) is 7.70. The van der Waals surface area contributed by atoms with Gasteiger partial charge in [0.2, 0.25) is 0 Å². The van der Waals surface area contributed by atoms with Gasteiger partial charge in [0.05, 0.1) is 6.10 Å². The van der Waals surface area contributed by atoms with Crippen molar-refractivity contribution in [2.75, 3.05) is 0 Å². The molecule has 0 spiro atoms. The summed E-state index contributed by atoms with van der Waals surface area (Å²) in [6.45, 7) is 14.2. The largest absolute Gasteiger partial charge is 0.393 e. The summed E-state index contributed by atoms with van der Waals surface area (Å²) >= 11 is 0. The van der Waals surface area contributed by atoms with Crippen molar-refractivity contribution in [3.05, 3.63) is 23.8 Å². The number of fused-ring (bicyclic) bond motifs is 1. The number of aliphatic hydroxyl groups excluding tert-OH is 1. The van der Waals surface area contributed by atoms with Crippen molar-refractivity contribution in [3.63, 3.8) is 0 Å². The van der Waals surface area contributed by atoms with Crippen LogP contribution in [0.2, 0.25) is 0 Å². The summed E-state index contributed by atoms with van der Waals surface area (Å²) in [5.41, 5.74) is 3.22. The lowest BCUT2D eigenvalue weighted by Gasteiger charge is -2.47. The van der Waals surface area contributed by atoms with Gasteiger partial charge in [0.1, 0.15) is 0 Å². The lowest BCUT2D eigenvalue weighted by molar-refractivity contribution is 0.0292. The van der Waals surface area contributed by atoms with Crippen molar-refractivity contribution in [2.45, 2.75) is 111 Å². The van der Waals surface area contributed by atoms with E-state index in [-0.39, 0.29) is 6.10 Å². The predicted molar refractivity (Wildman–Crippen MR) is 121 cm³/mol. The highest BCUT2D eigenvalue weighted by Gasteiger charge is 2.51. The molecule has 0 saturated heterocycles. The third-order valence-electron chi connectivity index (χ3n) is 8.83. The fourth-order valence-corrected chi connectivity index (χ4v) is 7.17. The molecule has 0 aliphatic heterocycles. The van der Waals surface area contributed by atoms with E-state index in [2.05, 4.69) is 40.3 Å². The molecule has 3 rings (SSSR count). The van der Waals surface area contributed by atoms with Crippen LogP contribution < -0.4 is 0 Å². The Morgan fingerprint density at radius 1 is 1.14 bits per heavy atom.